The Labute approximate surface area is 171 Å². The van der Waals surface area contributed by atoms with E-state index < -0.39 is 6.04 Å². The molecular weight excluding hydrogens is 370 g/mol. The number of benzene rings is 3. The molecular formula is C23H28ClN3O. The third kappa shape index (κ3) is 4.14. The van der Waals surface area contributed by atoms with Crippen molar-refractivity contribution in [3.05, 3.63) is 59.1 Å². The number of carbonyl (C=O) groups is 1. The highest BCUT2D eigenvalue weighted by molar-refractivity contribution is 6.41. The zero-order valence-corrected chi connectivity index (χ0v) is 17.1. The number of hydrogen-bond acceptors (Lipinski definition) is 3. The minimum absolute atomic E-state index is 0.0115. The minimum atomic E-state index is -0.490. The summed E-state index contributed by atoms with van der Waals surface area (Å²) in [5.74, 6) is -0.0115. The smallest absolute Gasteiger partial charge is 0.239 e. The second-order valence-electron chi connectivity index (χ2n) is 7.13. The fraction of sp³-hybridized carbons (Fsp3) is 0.348. The topological polar surface area (TPSA) is 72.3 Å². The van der Waals surface area contributed by atoms with Gasteiger partial charge in [-0.05, 0) is 42.6 Å². The van der Waals surface area contributed by atoms with Gasteiger partial charge in [0.1, 0.15) is 0 Å². The summed E-state index contributed by atoms with van der Waals surface area (Å²) in [7, 11) is 0. The normalized spacial score (nSPS) is 12.4. The lowest BCUT2D eigenvalue weighted by Crippen LogP contribution is -2.43. The van der Waals surface area contributed by atoms with Gasteiger partial charge in [-0.1, -0.05) is 66.6 Å². The largest absolute Gasteiger partial charge is 0.337 e. The highest BCUT2D eigenvalue weighted by Gasteiger charge is 2.22. The van der Waals surface area contributed by atoms with Crippen molar-refractivity contribution in [1.29, 1.82) is 0 Å². The van der Waals surface area contributed by atoms with Gasteiger partial charge in [-0.15, -0.1) is 0 Å². The first-order chi connectivity index (χ1) is 13.6. The number of carbonyl (C=O) groups excluding carboxylic acids is 1. The number of likely N-dealkylation sites (N-methyl/N-ethyl adjacent to an activating group) is 1. The second kappa shape index (κ2) is 9.37. The van der Waals surface area contributed by atoms with Gasteiger partial charge in [0.15, 0.2) is 0 Å². The first-order valence-corrected chi connectivity index (χ1v) is 10.3. The fourth-order valence-corrected chi connectivity index (χ4v) is 4.07. The van der Waals surface area contributed by atoms with Gasteiger partial charge in [0, 0.05) is 23.9 Å². The van der Waals surface area contributed by atoms with E-state index in [9.17, 15) is 4.79 Å². The van der Waals surface area contributed by atoms with Gasteiger partial charge in [-0.2, -0.15) is 0 Å². The summed E-state index contributed by atoms with van der Waals surface area (Å²) in [4.78, 5) is 14.8. The molecule has 5 heteroatoms. The van der Waals surface area contributed by atoms with Gasteiger partial charge in [-0.25, -0.2) is 0 Å². The predicted molar refractivity (Wildman–Crippen MR) is 118 cm³/mol. The quantitative estimate of drug-likeness (QED) is 0.435. The SMILES string of the molecule is CCN(Cc1c2ccccc2c(Cl)c2ccccc12)C(=O)[C@@H](N)CCCCN. The Kier molecular flexibility index (Phi) is 6.89. The van der Waals surface area contributed by atoms with Crippen LogP contribution in [0.25, 0.3) is 21.5 Å². The molecule has 0 aliphatic heterocycles. The molecule has 0 aliphatic carbocycles. The Morgan fingerprint density at radius 3 is 2.04 bits per heavy atom. The third-order valence-electron chi connectivity index (χ3n) is 5.31. The molecule has 4 nitrogen and oxygen atoms in total. The van der Waals surface area contributed by atoms with Crippen LogP contribution in [0.3, 0.4) is 0 Å². The van der Waals surface area contributed by atoms with E-state index in [1.807, 2.05) is 48.2 Å². The molecule has 0 heterocycles. The van der Waals surface area contributed by atoms with Crippen molar-refractivity contribution >= 4 is 39.1 Å². The summed E-state index contributed by atoms with van der Waals surface area (Å²) >= 11 is 6.69. The summed E-state index contributed by atoms with van der Waals surface area (Å²) in [5, 5.41) is 4.92. The number of unbranched alkanes of at least 4 members (excludes halogenated alkanes) is 1. The molecule has 0 spiro atoms. The summed E-state index contributed by atoms with van der Waals surface area (Å²) in [6.45, 7) is 3.73. The van der Waals surface area contributed by atoms with Crippen LogP contribution in [0.1, 0.15) is 31.7 Å². The molecule has 4 N–H and O–H groups in total. The van der Waals surface area contributed by atoms with Crippen molar-refractivity contribution in [2.24, 2.45) is 11.5 Å². The molecule has 0 radical (unpaired) electrons. The number of halogens is 1. The van der Waals surface area contributed by atoms with E-state index >= 15 is 0 Å². The van der Waals surface area contributed by atoms with E-state index in [-0.39, 0.29) is 5.91 Å². The summed E-state index contributed by atoms with van der Waals surface area (Å²) in [6.07, 6.45) is 2.42. The molecule has 148 valence electrons. The lowest BCUT2D eigenvalue weighted by Gasteiger charge is -2.26. The van der Waals surface area contributed by atoms with Crippen molar-refractivity contribution in [1.82, 2.24) is 4.90 Å². The van der Waals surface area contributed by atoms with E-state index in [0.29, 0.717) is 26.1 Å². The highest BCUT2D eigenvalue weighted by Crippen LogP contribution is 2.36. The van der Waals surface area contributed by atoms with Gasteiger partial charge in [0.2, 0.25) is 5.91 Å². The van der Waals surface area contributed by atoms with Gasteiger partial charge in [0.05, 0.1) is 11.1 Å². The standard InChI is InChI=1S/C23H28ClN3O/c1-2-27(23(28)21(26)13-7-8-14-25)15-20-16-9-3-5-11-18(16)22(24)19-12-6-4-10-17(19)20/h3-6,9-12,21H,2,7-8,13-15,25-26H2,1H3/t21-/m0/s1. The summed E-state index contributed by atoms with van der Waals surface area (Å²) < 4.78 is 0. The Hall–Kier alpha value is -2.14. The third-order valence-corrected chi connectivity index (χ3v) is 5.71. The van der Waals surface area contributed by atoms with Crippen LogP contribution in [0.4, 0.5) is 0 Å². The van der Waals surface area contributed by atoms with Crippen molar-refractivity contribution in [3.63, 3.8) is 0 Å². The molecule has 3 aromatic carbocycles. The molecule has 28 heavy (non-hydrogen) atoms. The van der Waals surface area contributed by atoms with E-state index in [4.69, 9.17) is 23.1 Å². The monoisotopic (exact) mass is 397 g/mol. The highest BCUT2D eigenvalue weighted by atomic mass is 35.5. The number of nitrogens with two attached hydrogens (primary N) is 2. The van der Waals surface area contributed by atoms with Crippen LogP contribution in [0.2, 0.25) is 5.02 Å². The lowest BCUT2D eigenvalue weighted by atomic mass is 9.96. The van der Waals surface area contributed by atoms with Gasteiger partial charge < -0.3 is 16.4 Å². The fourth-order valence-electron chi connectivity index (χ4n) is 3.74. The molecule has 0 aromatic heterocycles. The molecule has 0 aliphatic rings. The summed E-state index contributed by atoms with van der Waals surface area (Å²) in [5.41, 5.74) is 12.8. The molecule has 0 bridgehead atoms. The van der Waals surface area contributed by atoms with Crippen molar-refractivity contribution in [3.8, 4) is 0 Å². The molecule has 3 rings (SSSR count). The molecule has 0 saturated heterocycles. The van der Waals surface area contributed by atoms with Gasteiger partial charge in [0.25, 0.3) is 0 Å². The second-order valence-corrected chi connectivity index (χ2v) is 7.51. The van der Waals surface area contributed by atoms with E-state index in [0.717, 1.165) is 45.0 Å². The van der Waals surface area contributed by atoms with E-state index in [1.165, 1.54) is 0 Å². The van der Waals surface area contributed by atoms with E-state index in [2.05, 4.69) is 12.1 Å². The van der Waals surface area contributed by atoms with E-state index in [1.54, 1.807) is 0 Å². The Bertz CT molecular complexity index is 916. The number of fused-ring (bicyclic) bond motifs is 2. The number of rotatable bonds is 8. The first kappa shape index (κ1) is 20.6. The minimum Gasteiger partial charge on any atom is -0.337 e. The van der Waals surface area contributed by atoms with Crippen LogP contribution < -0.4 is 11.5 Å². The van der Waals surface area contributed by atoms with Gasteiger partial charge in [-0.3, -0.25) is 4.79 Å². The average Bonchev–Trinajstić information content (AvgIpc) is 2.73. The number of amides is 1. The maximum absolute atomic E-state index is 13.0. The molecule has 1 amide bonds. The van der Waals surface area contributed by atoms with Gasteiger partial charge >= 0.3 is 0 Å². The maximum atomic E-state index is 13.0. The zero-order chi connectivity index (χ0) is 20.1. The van der Waals surface area contributed by atoms with Crippen molar-refractivity contribution in [2.45, 2.75) is 38.8 Å². The van der Waals surface area contributed by atoms with Crippen LogP contribution >= 0.6 is 11.6 Å². The van der Waals surface area contributed by atoms with Crippen molar-refractivity contribution < 1.29 is 4.79 Å². The van der Waals surface area contributed by atoms with Crippen LogP contribution in [-0.4, -0.2) is 29.9 Å². The zero-order valence-electron chi connectivity index (χ0n) is 16.3. The Balaban J connectivity index is 1.99. The first-order valence-electron chi connectivity index (χ1n) is 9.90. The van der Waals surface area contributed by atoms with Crippen LogP contribution in [0.5, 0.6) is 0 Å². The Morgan fingerprint density at radius 1 is 1.00 bits per heavy atom. The van der Waals surface area contributed by atoms with Crippen LogP contribution in [-0.2, 0) is 11.3 Å². The molecule has 0 unspecified atom stereocenters. The molecule has 3 aromatic rings. The number of nitrogens with zero attached hydrogens (tertiary/aromatic N) is 1. The lowest BCUT2D eigenvalue weighted by molar-refractivity contribution is -0.133. The van der Waals surface area contributed by atoms with Crippen LogP contribution in [0, 0.1) is 0 Å². The molecule has 0 fully saturated rings. The molecule has 0 saturated carbocycles. The number of hydrogen-bond donors (Lipinski definition) is 2. The molecule has 1 atom stereocenters. The van der Waals surface area contributed by atoms with Crippen LogP contribution in [0.15, 0.2) is 48.5 Å². The average molecular weight is 398 g/mol. The Morgan fingerprint density at radius 2 is 1.54 bits per heavy atom. The van der Waals surface area contributed by atoms with Crippen molar-refractivity contribution in [2.75, 3.05) is 13.1 Å². The maximum Gasteiger partial charge on any atom is 0.239 e. The predicted octanol–water partition coefficient (Wildman–Crippen LogP) is 4.45. The summed E-state index contributed by atoms with van der Waals surface area (Å²) in [6, 6.07) is 15.7.